The van der Waals surface area contributed by atoms with Crippen molar-refractivity contribution < 1.29 is 9.59 Å². The number of carbonyl (C=O) groups excluding carboxylic acids is 2. The quantitative estimate of drug-likeness (QED) is 0.772. The number of carbonyl (C=O) groups is 2. The Morgan fingerprint density at radius 3 is 3.00 bits per heavy atom. The molecule has 2 N–H and O–H groups in total. The van der Waals surface area contributed by atoms with Gasteiger partial charge in [-0.05, 0) is 6.42 Å². The molecule has 2 rings (SSSR count). The van der Waals surface area contributed by atoms with Crippen LogP contribution in [-0.2, 0) is 11.2 Å². The first-order valence-electron chi connectivity index (χ1n) is 6.06. The number of amides is 2. The van der Waals surface area contributed by atoms with Crippen LogP contribution in [0.3, 0.4) is 0 Å². The Bertz CT molecular complexity index is 456. The number of hydrogen-bond donors (Lipinski definition) is 2. The smallest absolute Gasteiger partial charge is 0.291 e. The van der Waals surface area contributed by atoms with Crippen LogP contribution in [0.15, 0.2) is 0 Å². The van der Waals surface area contributed by atoms with E-state index in [0.717, 1.165) is 0 Å². The first-order valence-corrected chi connectivity index (χ1v) is 6.06. The van der Waals surface area contributed by atoms with Crippen LogP contribution in [0.1, 0.15) is 36.2 Å². The maximum atomic E-state index is 11.9. The molecule has 1 fully saturated rings. The van der Waals surface area contributed by atoms with E-state index in [2.05, 4.69) is 20.5 Å². The standard InChI is InChI=1S/C11H17N5O2/c1-3-8-13-10(15-14-8)11(18)12-7-4-5-9(17)16(2)6-7/h7H,3-6H2,1-2H3,(H,12,18)(H,13,14,15). The van der Waals surface area contributed by atoms with Gasteiger partial charge >= 0.3 is 0 Å². The number of likely N-dealkylation sites (tertiary alicyclic amines) is 1. The molecule has 0 aromatic carbocycles. The average molecular weight is 251 g/mol. The number of nitrogens with one attached hydrogen (secondary N) is 2. The molecular weight excluding hydrogens is 234 g/mol. The molecule has 1 aromatic rings. The molecule has 7 nitrogen and oxygen atoms in total. The number of rotatable bonds is 3. The Morgan fingerprint density at radius 1 is 1.61 bits per heavy atom. The summed E-state index contributed by atoms with van der Waals surface area (Å²) in [7, 11) is 1.74. The van der Waals surface area contributed by atoms with Crippen molar-refractivity contribution in [1.82, 2.24) is 25.4 Å². The van der Waals surface area contributed by atoms with Crippen molar-refractivity contribution in [3.8, 4) is 0 Å². The van der Waals surface area contributed by atoms with E-state index >= 15 is 0 Å². The summed E-state index contributed by atoms with van der Waals surface area (Å²) in [6.45, 7) is 2.47. The van der Waals surface area contributed by atoms with Gasteiger partial charge in [0.1, 0.15) is 5.82 Å². The fourth-order valence-corrected chi connectivity index (χ4v) is 1.93. The molecule has 1 aliphatic rings. The third-order valence-electron chi connectivity index (χ3n) is 3.03. The van der Waals surface area contributed by atoms with E-state index in [1.807, 2.05) is 6.92 Å². The fourth-order valence-electron chi connectivity index (χ4n) is 1.93. The van der Waals surface area contributed by atoms with Crippen LogP contribution >= 0.6 is 0 Å². The van der Waals surface area contributed by atoms with Crippen LogP contribution in [0.4, 0.5) is 0 Å². The molecule has 2 heterocycles. The molecule has 18 heavy (non-hydrogen) atoms. The normalized spacial score (nSPS) is 20.0. The highest BCUT2D eigenvalue weighted by Gasteiger charge is 2.25. The molecule has 0 spiro atoms. The predicted molar refractivity (Wildman–Crippen MR) is 63.9 cm³/mol. The van der Waals surface area contributed by atoms with Gasteiger partial charge in [-0.15, -0.1) is 5.10 Å². The van der Waals surface area contributed by atoms with E-state index < -0.39 is 0 Å². The molecule has 0 aliphatic carbocycles. The number of hydrogen-bond acceptors (Lipinski definition) is 4. The molecular formula is C11H17N5O2. The molecule has 1 aromatic heterocycles. The highest BCUT2D eigenvalue weighted by Crippen LogP contribution is 2.10. The highest BCUT2D eigenvalue weighted by atomic mass is 16.2. The zero-order valence-corrected chi connectivity index (χ0v) is 10.6. The summed E-state index contributed by atoms with van der Waals surface area (Å²) in [5.74, 6) is 0.674. The third kappa shape index (κ3) is 2.66. The van der Waals surface area contributed by atoms with Crippen LogP contribution < -0.4 is 5.32 Å². The molecule has 1 unspecified atom stereocenters. The number of aryl methyl sites for hydroxylation is 1. The van der Waals surface area contributed by atoms with Gasteiger partial charge in [-0.2, -0.15) is 0 Å². The maximum absolute atomic E-state index is 11.9. The molecule has 1 saturated heterocycles. The van der Waals surface area contributed by atoms with Crippen LogP contribution in [-0.4, -0.2) is 51.5 Å². The van der Waals surface area contributed by atoms with Gasteiger partial charge in [0, 0.05) is 32.5 Å². The number of H-pyrrole nitrogens is 1. The van der Waals surface area contributed by atoms with E-state index in [0.29, 0.717) is 31.6 Å². The SMILES string of the molecule is CCc1nc(C(=O)NC2CCC(=O)N(C)C2)n[nH]1. The van der Waals surface area contributed by atoms with Gasteiger partial charge < -0.3 is 10.2 Å². The lowest BCUT2D eigenvalue weighted by molar-refractivity contribution is -0.132. The molecule has 0 saturated carbocycles. The average Bonchev–Trinajstić information content (AvgIpc) is 2.82. The molecule has 98 valence electrons. The summed E-state index contributed by atoms with van der Waals surface area (Å²) in [4.78, 5) is 28.9. The van der Waals surface area contributed by atoms with Crippen LogP contribution in [0, 0.1) is 0 Å². The summed E-state index contributed by atoms with van der Waals surface area (Å²) >= 11 is 0. The zero-order valence-electron chi connectivity index (χ0n) is 10.6. The Hall–Kier alpha value is -1.92. The summed E-state index contributed by atoms with van der Waals surface area (Å²) < 4.78 is 0. The monoisotopic (exact) mass is 251 g/mol. The zero-order chi connectivity index (χ0) is 13.1. The van der Waals surface area contributed by atoms with Crippen molar-refractivity contribution in [2.24, 2.45) is 0 Å². The van der Waals surface area contributed by atoms with Gasteiger partial charge in [-0.25, -0.2) is 4.98 Å². The Morgan fingerprint density at radius 2 is 2.39 bits per heavy atom. The van der Waals surface area contributed by atoms with Gasteiger partial charge in [0.25, 0.3) is 5.91 Å². The van der Waals surface area contributed by atoms with Crippen LogP contribution in [0.25, 0.3) is 0 Å². The van der Waals surface area contributed by atoms with E-state index in [1.165, 1.54) is 0 Å². The lowest BCUT2D eigenvalue weighted by atomic mass is 10.1. The van der Waals surface area contributed by atoms with Gasteiger partial charge in [-0.1, -0.05) is 6.92 Å². The second-order valence-corrected chi connectivity index (χ2v) is 4.44. The summed E-state index contributed by atoms with van der Waals surface area (Å²) in [5.41, 5.74) is 0. The number of likely N-dealkylation sites (N-methyl/N-ethyl adjacent to an activating group) is 1. The fraction of sp³-hybridized carbons (Fsp3) is 0.636. The lowest BCUT2D eigenvalue weighted by Gasteiger charge is -2.29. The van der Waals surface area contributed by atoms with Crippen molar-refractivity contribution in [2.45, 2.75) is 32.2 Å². The van der Waals surface area contributed by atoms with Crippen molar-refractivity contribution in [3.05, 3.63) is 11.6 Å². The van der Waals surface area contributed by atoms with Gasteiger partial charge in [0.05, 0.1) is 0 Å². The van der Waals surface area contributed by atoms with E-state index in [1.54, 1.807) is 11.9 Å². The third-order valence-corrected chi connectivity index (χ3v) is 3.03. The van der Waals surface area contributed by atoms with Gasteiger partial charge in [0.15, 0.2) is 0 Å². The molecule has 0 radical (unpaired) electrons. The molecule has 0 bridgehead atoms. The van der Waals surface area contributed by atoms with Gasteiger partial charge in [-0.3, -0.25) is 14.7 Å². The summed E-state index contributed by atoms with van der Waals surface area (Å²) in [6, 6.07) is -0.0243. The Labute approximate surface area is 105 Å². The first-order chi connectivity index (χ1) is 8.60. The number of piperidine rings is 1. The van der Waals surface area contributed by atoms with E-state index in [9.17, 15) is 9.59 Å². The first kappa shape index (κ1) is 12.5. The topological polar surface area (TPSA) is 91.0 Å². The van der Waals surface area contributed by atoms with Gasteiger partial charge in [0.2, 0.25) is 11.7 Å². The second kappa shape index (κ2) is 5.16. The molecule has 2 amide bonds. The van der Waals surface area contributed by atoms with Crippen molar-refractivity contribution in [2.75, 3.05) is 13.6 Å². The predicted octanol–water partition coefficient (Wildman–Crippen LogP) is -0.282. The van der Waals surface area contributed by atoms with Crippen LogP contribution in [0.2, 0.25) is 0 Å². The largest absolute Gasteiger partial charge is 0.345 e. The van der Waals surface area contributed by atoms with E-state index in [4.69, 9.17) is 0 Å². The number of nitrogens with zero attached hydrogens (tertiary/aromatic N) is 3. The maximum Gasteiger partial charge on any atom is 0.291 e. The summed E-state index contributed by atoms with van der Waals surface area (Å²) in [5, 5.41) is 9.41. The number of aromatic amines is 1. The van der Waals surface area contributed by atoms with Crippen molar-refractivity contribution >= 4 is 11.8 Å². The van der Waals surface area contributed by atoms with E-state index in [-0.39, 0.29) is 23.7 Å². The Kier molecular flexibility index (Phi) is 3.59. The lowest BCUT2D eigenvalue weighted by Crippen LogP contribution is -2.48. The second-order valence-electron chi connectivity index (χ2n) is 4.44. The van der Waals surface area contributed by atoms with Crippen molar-refractivity contribution in [1.29, 1.82) is 0 Å². The highest BCUT2D eigenvalue weighted by molar-refractivity contribution is 5.90. The molecule has 1 aliphatic heterocycles. The minimum atomic E-state index is -0.293. The van der Waals surface area contributed by atoms with Crippen molar-refractivity contribution in [3.63, 3.8) is 0 Å². The minimum Gasteiger partial charge on any atom is -0.345 e. The van der Waals surface area contributed by atoms with Crippen LogP contribution in [0.5, 0.6) is 0 Å². The summed E-state index contributed by atoms with van der Waals surface area (Å²) in [6.07, 6.45) is 1.84. The molecule has 1 atom stereocenters. The minimum absolute atomic E-state index is 0.0243. The Balaban J connectivity index is 1.93. The number of aromatic nitrogens is 3. The molecule has 7 heteroatoms.